The third-order valence-corrected chi connectivity index (χ3v) is 4.43. The van der Waals surface area contributed by atoms with E-state index in [0.717, 1.165) is 24.2 Å². The minimum absolute atomic E-state index is 0.534. The van der Waals surface area contributed by atoms with Gasteiger partial charge in [-0.15, -0.1) is 0 Å². The first-order valence-electron chi connectivity index (χ1n) is 5.40. The van der Waals surface area contributed by atoms with Crippen LogP contribution in [0.5, 0.6) is 0 Å². The third-order valence-electron chi connectivity index (χ3n) is 4.43. The number of fused-ring (bicyclic) bond motifs is 4. The van der Waals surface area contributed by atoms with E-state index in [1.807, 2.05) is 0 Å². The van der Waals surface area contributed by atoms with Crippen molar-refractivity contribution in [1.82, 2.24) is 0 Å². The summed E-state index contributed by atoms with van der Waals surface area (Å²) < 4.78 is 0. The standard InChI is InChI=1S/C11H16O/c12-10-6-2-5-9-7-3-1-4-8(7)11(9)10/h7-9,11H,1-6H2/t7-,8+,9-,11+/m0/s1. The van der Waals surface area contributed by atoms with Gasteiger partial charge >= 0.3 is 0 Å². The Morgan fingerprint density at radius 2 is 1.58 bits per heavy atom. The molecule has 66 valence electrons. The summed E-state index contributed by atoms with van der Waals surface area (Å²) in [6.45, 7) is 0. The minimum atomic E-state index is 0.534. The number of hydrogen-bond acceptors (Lipinski definition) is 1. The van der Waals surface area contributed by atoms with Crippen LogP contribution in [-0.4, -0.2) is 5.78 Å². The van der Waals surface area contributed by atoms with Crippen molar-refractivity contribution in [3.8, 4) is 0 Å². The van der Waals surface area contributed by atoms with E-state index in [9.17, 15) is 4.79 Å². The van der Waals surface area contributed by atoms with Crippen LogP contribution < -0.4 is 0 Å². The predicted molar refractivity (Wildman–Crippen MR) is 46.7 cm³/mol. The quantitative estimate of drug-likeness (QED) is 0.537. The third kappa shape index (κ3) is 0.725. The lowest BCUT2D eigenvalue weighted by molar-refractivity contribution is -0.141. The van der Waals surface area contributed by atoms with E-state index < -0.39 is 0 Å². The van der Waals surface area contributed by atoms with Crippen LogP contribution in [0.15, 0.2) is 0 Å². The smallest absolute Gasteiger partial charge is 0.136 e. The Morgan fingerprint density at radius 1 is 0.917 bits per heavy atom. The summed E-state index contributed by atoms with van der Waals surface area (Å²) in [7, 11) is 0. The molecule has 3 fully saturated rings. The molecule has 0 aliphatic heterocycles. The van der Waals surface area contributed by atoms with Crippen LogP contribution in [0, 0.1) is 23.7 Å². The molecule has 0 aromatic carbocycles. The number of Topliss-reactive ketones (excluding diaryl/α,β-unsaturated/α-hetero) is 1. The lowest BCUT2D eigenvalue weighted by atomic mass is 9.53. The Labute approximate surface area is 73.5 Å². The maximum atomic E-state index is 11.6. The van der Waals surface area contributed by atoms with Gasteiger partial charge in [-0.1, -0.05) is 6.42 Å². The van der Waals surface area contributed by atoms with Crippen molar-refractivity contribution in [2.75, 3.05) is 0 Å². The molecule has 0 heterocycles. The molecule has 0 spiro atoms. The summed E-state index contributed by atoms with van der Waals surface area (Å²) in [5, 5.41) is 0. The molecule has 1 nitrogen and oxygen atoms in total. The van der Waals surface area contributed by atoms with Gasteiger partial charge in [0.1, 0.15) is 5.78 Å². The molecule has 3 aliphatic rings. The molecule has 0 bridgehead atoms. The fourth-order valence-corrected chi connectivity index (χ4v) is 3.98. The SMILES string of the molecule is O=C1CCC[C@H]2[C@H]3CCC[C@H]3[C@@H]12. The number of carbonyl (C=O) groups excluding carboxylic acids is 1. The van der Waals surface area contributed by atoms with E-state index in [1.54, 1.807) is 0 Å². The van der Waals surface area contributed by atoms with Gasteiger partial charge in [0.15, 0.2) is 0 Å². The van der Waals surface area contributed by atoms with Crippen LogP contribution in [0.4, 0.5) is 0 Å². The van der Waals surface area contributed by atoms with E-state index in [4.69, 9.17) is 0 Å². The van der Waals surface area contributed by atoms with Crippen molar-refractivity contribution in [2.45, 2.75) is 38.5 Å². The summed E-state index contributed by atoms with van der Waals surface area (Å²) in [6, 6.07) is 0. The first-order chi connectivity index (χ1) is 5.88. The Morgan fingerprint density at radius 3 is 2.42 bits per heavy atom. The summed E-state index contributed by atoms with van der Waals surface area (Å²) >= 11 is 0. The van der Waals surface area contributed by atoms with Crippen LogP contribution in [0.25, 0.3) is 0 Å². The number of carbonyl (C=O) groups is 1. The Balaban J connectivity index is 1.84. The first-order valence-corrected chi connectivity index (χ1v) is 5.40. The molecule has 0 unspecified atom stereocenters. The van der Waals surface area contributed by atoms with Crippen molar-refractivity contribution >= 4 is 5.78 Å². The van der Waals surface area contributed by atoms with Crippen molar-refractivity contribution < 1.29 is 4.79 Å². The number of rotatable bonds is 0. The zero-order valence-electron chi connectivity index (χ0n) is 7.46. The minimum Gasteiger partial charge on any atom is -0.299 e. The van der Waals surface area contributed by atoms with Crippen molar-refractivity contribution in [3.05, 3.63) is 0 Å². The predicted octanol–water partition coefficient (Wildman–Crippen LogP) is 2.40. The van der Waals surface area contributed by atoms with Gasteiger partial charge in [-0.05, 0) is 43.4 Å². The van der Waals surface area contributed by atoms with Gasteiger partial charge in [-0.3, -0.25) is 4.79 Å². The largest absolute Gasteiger partial charge is 0.299 e. The van der Waals surface area contributed by atoms with Crippen LogP contribution >= 0.6 is 0 Å². The molecule has 0 aromatic heterocycles. The molecule has 0 saturated heterocycles. The highest BCUT2D eigenvalue weighted by Crippen LogP contribution is 2.59. The Kier molecular flexibility index (Phi) is 1.38. The highest BCUT2D eigenvalue weighted by molar-refractivity contribution is 5.83. The summed E-state index contributed by atoms with van der Waals surface area (Å²) in [5.41, 5.74) is 0. The molecule has 0 N–H and O–H groups in total. The van der Waals surface area contributed by atoms with Gasteiger partial charge < -0.3 is 0 Å². The summed E-state index contributed by atoms with van der Waals surface area (Å²) in [5.74, 6) is 3.78. The summed E-state index contributed by atoms with van der Waals surface area (Å²) in [4.78, 5) is 11.6. The number of ketones is 1. The highest BCUT2D eigenvalue weighted by Gasteiger charge is 2.55. The summed E-state index contributed by atoms with van der Waals surface area (Å²) in [6.07, 6.45) is 7.62. The van der Waals surface area contributed by atoms with E-state index >= 15 is 0 Å². The van der Waals surface area contributed by atoms with E-state index in [1.165, 1.54) is 32.1 Å². The molecule has 0 amide bonds. The topological polar surface area (TPSA) is 17.1 Å². The van der Waals surface area contributed by atoms with Crippen molar-refractivity contribution in [1.29, 1.82) is 0 Å². The van der Waals surface area contributed by atoms with E-state index in [2.05, 4.69) is 0 Å². The molecular formula is C11H16O. The maximum absolute atomic E-state index is 11.6. The molecule has 12 heavy (non-hydrogen) atoms. The average molecular weight is 164 g/mol. The fourth-order valence-electron chi connectivity index (χ4n) is 3.98. The molecule has 0 radical (unpaired) electrons. The fraction of sp³-hybridized carbons (Fsp3) is 0.909. The zero-order valence-corrected chi connectivity index (χ0v) is 7.46. The van der Waals surface area contributed by atoms with E-state index in [-0.39, 0.29) is 0 Å². The second kappa shape index (κ2) is 2.34. The highest BCUT2D eigenvalue weighted by atomic mass is 16.1. The zero-order chi connectivity index (χ0) is 8.13. The molecular weight excluding hydrogens is 148 g/mol. The number of hydrogen-bond donors (Lipinski definition) is 0. The van der Waals surface area contributed by atoms with Crippen LogP contribution in [0.2, 0.25) is 0 Å². The normalized spacial score (nSPS) is 51.2. The lowest BCUT2D eigenvalue weighted by Crippen LogP contribution is -2.50. The second-order valence-corrected chi connectivity index (χ2v) is 4.81. The van der Waals surface area contributed by atoms with Gasteiger partial charge in [0.05, 0.1) is 0 Å². The first kappa shape index (κ1) is 7.11. The van der Waals surface area contributed by atoms with Gasteiger partial charge in [-0.25, -0.2) is 0 Å². The molecule has 1 heteroatoms. The van der Waals surface area contributed by atoms with Crippen molar-refractivity contribution in [3.63, 3.8) is 0 Å². The van der Waals surface area contributed by atoms with Crippen LogP contribution in [0.3, 0.4) is 0 Å². The molecule has 0 aromatic rings. The van der Waals surface area contributed by atoms with E-state index in [0.29, 0.717) is 11.7 Å². The van der Waals surface area contributed by atoms with Crippen LogP contribution in [-0.2, 0) is 4.79 Å². The molecule has 3 aliphatic carbocycles. The van der Waals surface area contributed by atoms with Gasteiger partial charge in [-0.2, -0.15) is 0 Å². The molecule has 4 atom stereocenters. The Bertz CT molecular complexity index is 221. The second-order valence-electron chi connectivity index (χ2n) is 4.81. The van der Waals surface area contributed by atoms with Gasteiger partial charge in [0.25, 0.3) is 0 Å². The average Bonchev–Trinajstić information content (AvgIpc) is 2.43. The maximum Gasteiger partial charge on any atom is 0.136 e. The lowest BCUT2D eigenvalue weighted by Gasteiger charge is -2.50. The van der Waals surface area contributed by atoms with Gasteiger partial charge in [0, 0.05) is 12.3 Å². The monoisotopic (exact) mass is 164 g/mol. The molecule has 3 rings (SSSR count). The van der Waals surface area contributed by atoms with Crippen molar-refractivity contribution in [2.24, 2.45) is 23.7 Å². The molecule has 3 saturated carbocycles. The van der Waals surface area contributed by atoms with Crippen LogP contribution in [0.1, 0.15) is 38.5 Å². The Hall–Kier alpha value is -0.330. The van der Waals surface area contributed by atoms with Gasteiger partial charge in [0.2, 0.25) is 0 Å².